The van der Waals surface area contributed by atoms with Crippen molar-refractivity contribution in [3.63, 3.8) is 0 Å². The van der Waals surface area contributed by atoms with Gasteiger partial charge < -0.3 is 10.5 Å². The van der Waals surface area contributed by atoms with Crippen LogP contribution in [0.3, 0.4) is 0 Å². The van der Waals surface area contributed by atoms with Crippen LogP contribution in [-0.4, -0.2) is 13.7 Å². The van der Waals surface area contributed by atoms with E-state index in [1.807, 2.05) is 12.1 Å². The topological polar surface area (TPSA) is 35.2 Å². The minimum atomic E-state index is -0.153. The van der Waals surface area contributed by atoms with Crippen molar-refractivity contribution in [2.45, 2.75) is 38.0 Å². The van der Waals surface area contributed by atoms with Crippen molar-refractivity contribution in [2.75, 3.05) is 13.7 Å². The van der Waals surface area contributed by atoms with E-state index in [4.69, 9.17) is 10.5 Å². The van der Waals surface area contributed by atoms with E-state index in [9.17, 15) is 4.39 Å². The lowest BCUT2D eigenvalue weighted by atomic mass is 9.82. The third-order valence-corrected chi connectivity index (χ3v) is 4.07. The SMILES string of the molecule is COc1ccc(C2CCCCCC2CN)c(F)c1. The normalized spacial score (nSPS) is 24.6. The minimum Gasteiger partial charge on any atom is -0.497 e. The zero-order chi connectivity index (χ0) is 13.0. The van der Waals surface area contributed by atoms with E-state index in [-0.39, 0.29) is 11.7 Å². The summed E-state index contributed by atoms with van der Waals surface area (Å²) in [7, 11) is 1.56. The fourth-order valence-electron chi connectivity index (χ4n) is 3.01. The van der Waals surface area contributed by atoms with Gasteiger partial charge in [-0.3, -0.25) is 0 Å². The molecule has 0 bridgehead atoms. The van der Waals surface area contributed by atoms with Crippen LogP contribution in [0.4, 0.5) is 4.39 Å². The molecule has 0 radical (unpaired) electrons. The summed E-state index contributed by atoms with van der Waals surface area (Å²) in [4.78, 5) is 0. The molecule has 2 rings (SSSR count). The average Bonchev–Trinajstić information content (AvgIpc) is 2.63. The number of hydrogen-bond acceptors (Lipinski definition) is 2. The summed E-state index contributed by atoms with van der Waals surface area (Å²) >= 11 is 0. The van der Waals surface area contributed by atoms with Gasteiger partial charge in [-0.15, -0.1) is 0 Å². The number of halogens is 1. The summed E-state index contributed by atoms with van der Waals surface area (Å²) in [5.74, 6) is 1.10. The minimum absolute atomic E-state index is 0.153. The van der Waals surface area contributed by atoms with Gasteiger partial charge in [0.2, 0.25) is 0 Å². The van der Waals surface area contributed by atoms with Crippen LogP contribution >= 0.6 is 0 Å². The van der Waals surface area contributed by atoms with Crippen molar-refractivity contribution < 1.29 is 9.13 Å². The molecule has 100 valence electrons. The standard InChI is InChI=1S/C15H22FNO/c1-18-12-7-8-14(15(16)9-12)13-6-4-2-3-5-11(13)10-17/h7-9,11,13H,2-6,10,17H2,1H3. The predicted molar refractivity (Wildman–Crippen MR) is 71.3 cm³/mol. The van der Waals surface area contributed by atoms with Crippen LogP contribution in [0, 0.1) is 11.7 Å². The van der Waals surface area contributed by atoms with Gasteiger partial charge in [0, 0.05) is 6.07 Å². The molecule has 1 fully saturated rings. The molecule has 1 aromatic rings. The van der Waals surface area contributed by atoms with Crippen LogP contribution in [0.1, 0.15) is 43.6 Å². The Morgan fingerprint density at radius 2 is 2.06 bits per heavy atom. The molecule has 1 aliphatic carbocycles. The van der Waals surface area contributed by atoms with Crippen LogP contribution in [-0.2, 0) is 0 Å². The van der Waals surface area contributed by atoms with E-state index in [0.29, 0.717) is 18.2 Å². The fraction of sp³-hybridized carbons (Fsp3) is 0.600. The smallest absolute Gasteiger partial charge is 0.130 e. The van der Waals surface area contributed by atoms with E-state index in [1.165, 1.54) is 25.3 Å². The van der Waals surface area contributed by atoms with Crippen LogP contribution in [0.2, 0.25) is 0 Å². The highest BCUT2D eigenvalue weighted by Gasteiger charge is 2.26. The molecule has 2 nitrogen and oxygen atoms in total. The van der Waals surface area contributed by atoms with Crippen molar-refractivity contribution in [1.29, 1.82) is 0 Å². The van der Waals surface area contributed by atoms with Crippen LogP contribution < -0.4 is 10.5 Å². The molecule has 2 N–H and O–H groups in total. The maximum atomic E-state index is 14.1. The van der Waals surface area contributed by atoms with Crippen molar-refractivity contribution in [3.8, 4) is 5.75 Å². The van der Waals surface area contributed by atoms with Gasteiger partial charge in [-0.1, -0.05) is 25.3 Å². The van der Waals surface area contributed by atoms with Gasteiger partial charge in [0.15, 0.2) is 0 Å². The number of nitrogens with two attached hydrogens (primary N) is 1. The molecule has 1 saturated carbocycles. The molecule has 18 heavy (non-hydrogen) atoms. The number of hydrogen-bond donors (Lipinski definition) is 1. The van der Waals surface area contributed by atoms with Gasteiger partial charge in [-0.2, -0.15) is 0 Å². The monoisotopic (exact) mass is 251 g/mol. The van der Waals surface area contributed by atoms with Crippen LogP contribution in [0.25, 0.3) is 0 Å². The Bertz CT molecular complexity index is 394. The quantitative estimate of drug-likeness (QED) is 0.835. The Morgan fingerprint density at radius 1 is 1.28 bits per heavy atom. The van der Waals surface area contributed by atoms with E-state index >= 15 is 0 Å². The maximum absolute atomic E-state index is 14.1. The molecular formula is C15H22FNO. The second-order valence-corrected chi connectivity index (χ2v) is 5.13. The van der Waals surface area contributed by atoms with E-state index < -0.39 is 0 Å². The summed E-state index contributed by atoms with van der Waals surface area (Å²) < 4.78 is 19.2. The largest absolute Gasteiger partial charge is 0.497 e. The van der Waals surface area contributed by atoms with E-state index in [1.54, 1.807) is 7.11 Å². The highest BCUT2D eigenvalue weighted by molar-refractivity contribution is 5.31. The lowest BCUT2D eigenvalue weighted by Crippen LogP contribution is -2.22. The molecule has 1 aliphatic rings. The summed E-state index contributed by atoms with van der Waals surface area (Å²) in [5, 5.41) is 0. The molecule has 0 amide bonds. The molecule has 0 saturated heterocycles. The average molecular weight is 251 g/mol. The Morgan fingerprint density at radius 3 is 2.72 bits per heavy atom. The zero-order valence-electron chi connectivity index (χ0n) is 11.0. The molecule has 3 heteroatoms. The van der Waals surface area contributed by atoms with Gasteiger partial charge in [0.05, 0.1) is 7.11 Å². The maximum Gasteiger partial charge on any atom is 0.130 e. The van der Waals surface area contributed by atoms with Crippen molar-refractivity contribution >= 4 is 0 Å². The molecule has 0 heterocycles. The molecule has 0 aliphatic heterocycles. The summed E-state index contributed by atoms with van der Waals surface area (Å²) in [5.41, 5.74) is 6.67. The van der Waals surface area contributed by atoms with Crippen molar-refractivity contribution in [3.05, 3.63) is 29.6 Å². The Kier molecular flexibility index (Phi) is 4.59. The van der Waals surface area contributed by atoms with E-state index in [0.717, 1.165) is 18.4 Å². The molecule has 1 aromatic carbocycles. The van der Waals surface area contributed by atoms with Gasteiger partial charge in [-0.05, 0) is 42.9 Å². The number of methoxy groups -OCH3 is 1. The van der Waals surface area contributed by atoms with Crippen molar-refractivity contribution in [1.82, 2.24) is 0 Å². The van der Waals surface area contributed by atoms with Crippen molar-refractivity contribution in [2.24, 2.45) is 11.7 Å². The lowest BCUT2D eigenvalue weighted by Gasteiger charge is -2.24. The Labute approximate surface area is 108 Å². The van der Waals surface area contributed by atoms with Gasteiger partial charge >= 0.3 is 0 Å². The van der Waals surface area contributed by atoms with Gasteiger partial charge in [-0.25, -0.2) is 4.39 Å². The summed E-state index contributed by atoms with van der Waals surface area (Å²) in [6, 6.07) is 5.19. The number of benzene rings is 1. The Balaban J connectivity index is 2.27. The third-order valence-electron chi connectivity index (χ3n) is 4.07. The highest BCUT2D eigenvalue weighted by Crippen LogP contribution is 2.37. The first-order valence-electron chi connectivity index (χ1n) is 6.79. The molecule has 0 spiro atoms. The zero-order valence-corrected chi connectivity index (χ0v) is 11.0. The summed E-state index contributed by atoms with van der Waals surface area (Å²) in [6.45, 7) is 0.649. The second-order valence-electron chi connectivity index (χ2n) is 5.13. The van der Waals surface area contributed by atoms with Gasteiger partial charge in [0.25, 0.3) is 0 Å². The molecule has 0 aromatic heterocycles. The first-order chi connectivity index (χ1) is 8.76. The predicted octanol–water partition coefficient (Wildman–Crippen LogP) is 3.46. The van der Waals surface area contributed by atoms with Gasteiger partial charge in [0.1, 0.15) is 11.6 Å². The lowest BCUT2D eigenvalue weighted by molar-refractivity contribution is 0.389. The molecular weight excluding hydrogens is 229 g/mol. The number of ether oxygens (including phenoxy) is 1. The Hall–Kier alpha value is -1.09. The van der Waals surface area contributed by atoms with Crippen LogP contribution in [0.15, 0.2) is 18.2 Å². The number of rotatable bonds is 3. The second kappa shape index (κ2) is 6.19. The highest BCUT2D eigenvalue weighted by atomic mass is 19.1. The fourth-order valence-corrected chi connectivity index (χ4v) is 3.01. The first kappa shape index (κ1) is 13.3. The molecule has 2 unspecified atom stereocenters. The van der Waals surface area contributed by atoms with E-state index in [2.05, 4.69) is 0 Å². The summed E-state index contributed by atoms with van der Waals surface area (Å²) in [6.07, 6.45) is 5.80. The third kappa shape index (κ3) is 2.83. The van der Waals surface area contributed by atoms with Crippen LogP contribution in [0.5, 0.6) is 5.75 Å². The molecule has 2 atom stereocenters. The first-order valence-corrected chi connectivity index (χ1v) is 6.79.